The molecule has 6 heteroatoms. The van der Waals surface area contributed by atoms with Crippen LogP contribution in [0.2, 0.25) is 0 Å². The molecule has 0 aliphatic carbocycles. The molecule has 1 N–H and O–H groups in total. The fourth-order valence-electron chi connectivity index (χ4n) is 3.69. The first-order valence-corrected chi connectivity index (χ1v) is 8.87. The Morgan fingerprint density at radius 2 is 1.42 bits per heavy atom. The average molecular weight is 351 g/mol. The third-order valence-corrected chi connectivity index (χ3v) is 5.09. The number of carboxylic acid groups (broad SMARTS) is 1. The van der Waals surface area contributed by atoms with Crippen molar-refractivity contribution in [2.24, 2.45) is 0 Å². The molecule has 0 saturated carbocycles. The predicted octanol–water partition coefficient (Wildman–Crippen LogP) is 3.49. The lowest BCUT2D eigenvalue weighted by atomic mass is 10.1. The Morgan fingerprint density at radius 3 is 2.08 bits per heavy atom. The third-order valence-electron chi connectivity index (χ3n) is 5.09. The number of benzene rings is 2. The number of Topliss-reactive ketones (excluding diaryl/α,β-unsaturated/α-hetero) is 1. The largest absolute Gasteiger partial charge is 0.465 e. The van der Waals surface area contributed by atoms with Gasteiger partial charge in [-0.1, -0.05) is 12.1 Å². The summed E-state index contributed by atoms with van der Waals surface area (Å²) >= 11 is 0. The van der Waals surface area contributed by atoms with Gasteiger partial charge in [-0.3, -0.25) is 9.69 Å². The number of piperidine rings is 1. The van der Waals surface area contributed by atoms with Crippen LogP contribution in [-0.4, -0.2) is 43.2 Å². The van der Waals surface area contributed by atoms with Gasteiger partial charge in [-0.25, -0.2) is 4.79 Å². The molecule has 2 aliphatic rings. The number of hydrogen-bond donors (Lipinski definition) is 1. The van der Waals surface area contributed by atoms with Crippen LogP contribution in [0.3, 0.4) is 0 Å². The molecule has 1 amide bonds. The smallest absolute Gasteiger partial charge is 0.411 e. The Kier molecular flexibility index (Phi) is 4.24. The van der Waals surface area contributed by atoms with E-state index in [1.807, 2.05) is 24.3 Å². The summed E-state index contributed by atoms with van der Waals surface area (Å²) in [5.74, 6) is 0.339. The van der Waals surface area contributed by atoms with Gasteiger partial charge in [0.1, 0.15) is 5.78 Å². The summed E-state index contributed by atoms with van der Waals surface area (Å²) in [6, 6.07) is 15.9. The van der Waals surface area contributed by atoms with Gasteiger partial charge in [0.2, 0.25) is 0 Å². The second-order valence-electron chi connectivity index (χ2n) is 6.62. The van der Waals surface area contributed by atoms with Gasteiger partial charge >= 0.3 is 6.09 Å². The Morgan fingerprint density at radius 1 is 0.808 bits per heavy atom. The van der Waals surface area contributed by atoms with Gasteiger partial charge < -0.3 is 14.9 Å². The maximum atomic E-state index is 11.5. The minimum absolute atomic E-state index is 0.339. The van der Waals surface area contributed by atoms with Crippen LogP contribution >= 0.6 is 0 Å². The van der Waals surface area contributed by atoms with Gasteiger partial charge in [0.15, 0.2) is 0 Å². The molecule has 1 fully saturated rings. The molecule has 0 unspecified atom stereocenters. The first-order chi connectivity index (χ1) is 12.6. The normalized spacial score (nSPS) is 17.2. The zero-order valence-electron chi connectivity index (χ0n) is 14.5. The van der Waals surface area contributed by atoms with E-state index in [-0.39, 0.29) is 0 Å². The highest BCUT2D eigenvalue weighted by Crippen LogP contribution is 2.38. The van der Waals surface area contributed by atoms with Crippen LogP contribution in [0, 0.1) is 0 Å². The van der Waals surface area contributed by atoms with E-state index in [1.54, 1.807) is 0 Å². The summed E-state index contributed by atoms with van der Waals surface area (Å²) in [7, 11) is 0. The topological polar surface area (TPSA) is 64.1 Å². The monoisotopic (exact) mass is 351 g/mol. The van der Waals surface area contributed by atoms with Crippen molar-refractivity contribution >= 4 is 34.6 Å². The van der Waals surface area contributed by atoms with E-state index in [0.29, 0.717) is 37.4 Å². The molecule has 0 spiro atoms. The quantitative estimate of drug-likeness (QED) is 0.897. The fraction of sp³-hybridized carbons (Fsp3) is 0.300. The molecule has 0 radical (unpaired) electrons. The average Bonchev–Trinajstić information content (AvgIpc) is 2.68. The molecule has 2 aromatic carbocycles. The van der Waals surface area contributed by atoms with Crippen LogP contribution in [0.4, 0.5) is 27.5 Å². The van der Waals surface area contributed by atoms with E-state index in [2.05, 4.69) is 34.1 Å². The summed E-state index contributed by atoms with van der Waals surface area (Å²) in [4.78, 5) is 28.7. The number of carbonyl (C=O) groups is 2. The van der Waals surface area contributed by atoms with E-state index >= 15 is 0 Å². The van der Waals surface area contributed by atoms with Crippen LogP contribution in [0.15, 0.2) is 48.5 Å². The number of rotatable bonds is 2. The van der Waals surface area contributed by atoms with Crippen molar-refractivity contribution in [2.75, 3.05) is 40.9 Å². The molecule has 2 aromatic rings. The van der Waals surface area contributed by atoms with Crippen molar-refractivity contribution in [3.05, 3.63) is 48.5 Å². The van der Waals surface area contributed by atoms with Crippen molar-refractivity contribution in [3.8, 4) is 0 Å². The Bertz CT molecular complexity index is 824. The van der Waals surface area contributed by atoms with E-state index in [9.17, 15) is 14.7 Å². The van der Waals surface area contributed by atoms with Gasteiger partial charge in [-0.15, -0.1) is 0 Å². The second-order valence-corrected chi connectivity index (χ2v) is 6.62. The number of ketones is 1. The van der Waals surface area contributed by atoms with Crippen molar-refractivity contribution in [3.63, 3.8) is 0 Å². The first-order valence-electron chi connectivity index (χ1n) is 8.87. The molecule has 2 heterocycles. The molecule has 134 valence electrons. The van der Waals surface area contributed by atoms with Crippen LogP contribution in [-0.2, 0) is 4.79 Å². The zero-order valence-corrected chi connectivity index (χ0v) is 14.5. The first kappa shape index (κ1) is 16.4. The minimum atomic E-state index is -0.924. The Balaban J connectivity index is 1.59. The molecule has 26 heavy (non-hydrogen) atoms. The standard InChI is InChI=1S/C20H21N3O3/c24-17-9-11-21(12-10-17)15-5-7-16(8-6-15)22-13-14-23(20(25)26)19-4-2-1-3-18(19)22/h1-8H,9-14H2,(H,25,26). The highest BCUT2D eigenvalue weighted by molar-refractivity contribution is 5.94. The summed E-state index contributed by atoms with van der Waals surface area (Å²) in [6.07, 6.45) is 0.311. The third kappa shape index (κ3) is 2.98. The van der Waals surface area contributed by atoms with Crippen molar-refractivity contribution < 1.29 is 14.7 Å². The lowest BCUT2D eigenvalue weighted by Gasteiger charge is -2.36. The van der Waals surface area contributed by atoms with E-state index in [0.717, 1.165) is 30.2 Å². The van der Waals surface area contributed by atoms with Gasteiger partial charge in [0, 0.05) is 50.4 Å². The number of carbonyl (C=O) groups excluding carboxylic acids is 1. The predicted molar refractivity (Wildman–Crippen MR) is 102 cm³/mol. The van der Waals surface area contributed by atoms with Crippen molar-refractivity contribution in [1.29, 1.82) is 0 Å². The second kappa shape index (κ2) is 6.71. The van der Waals surface area contributed by atoms with Crippen LogP contribution in [0.1, 0.15) is 12.8 Å². The van der Waals surface area contributed by atoms with E-state index < -0.39 is 6.09 Å². The van der Waals surface area contributed by atoms with Gasteiger partial charge in [-0.05, 0) is 36.4 Å². The zero-order chi connectivity index (χ0) is 18.1. The van der Waals surface area contributed by atoms with E-state index in [1.165, 1.54) is 4.90 Å². The lowest BCUT2D eigenvalue weighted by Crippen LogP contribution is -2.41. The molecule has 0 aromatic heterocycles. The van der Waals surface area contributed by atoms with Crippen LogP contribution in [0.5, 0.6) is 0 Å². The van der Waals surface area contributed by atoms with Gasteiger partial charge in [0.05, 0.1) is 11.4 Å². The van der Waals surface area contributed by atoms with Crippen LogP contribution < -0.4 is 14.7 Å². The minimum Gasteiger partial charge on any atom is -0.465 e. The molecule has 4 rings (SSSR count). The molecule has 6 nitrogen and oxygen atoms in total. The van der Waals surface area contributed by atoms with Crippen molar-refractivity contribution in [1.82, 2.24) is 0 Å². The molecule has 1 saturated heterocycles. The SMILES string of the molecule is O=C1CCN(c2ccc(N3CCN(C(=O)O)c4ccccc43)cc2)CC1. The molecule has 2 aliphatic heterocycles. The Hall–Kier alpha value is -3.02. The Labute approximate surface area is 152 Å². The fourth-order valence-corrected chi connectivity index (χ4v) is 3.69. The lowest BCUT2D eigenvalue weighted by molar-refractivity contribution is -0.119. The number of para-hydroxylation sites is 2. The summed E-state index contributed by atoms with van der Waals surface area (Å²) in [5, 5.41) is 9.42. The number of anilines is 4. The van der Waals surface area contributed by atoms with Gasteiger partial charge in [0.25, 0.3) is 0 Å². The summed E-state index contributed by atoms with van der Waals surface area (Å²) in [5.41, 5.74) is 3.78. The maximum absolute atomic E-state index is 11.5. The number of amides is 1. The maximum Gasteiger partial charge on any atom is 0.411 e. The van der Waals surface area contributed by atoms with E-state index in [4.69, 9.17) is 0 Å². The number of fused-ring (bicyclic) bond motifs is 1. The highest BCUT2D eigenvalue weighted by Gasteiger charge is 2.27. The highest BCUT2D eigenvalue weighted by atomic mass is 16.4. The van der Waals surface area contributed by atoms with Gasteiger partial charge in [-0.2, -0.15) is 0 Å². The van der Waals surface area contributed by atoms with Crippen LogP contribution in [0.25, 0.3) is 0 Å². The molecule has 0 bridgehead atoms. The van der Waals surface area contributed by atoms with Crippen molar-refractivity contribution in [2.45, 2.75) is 12.8 Å². The molecular weight excluding hydrogens is 330 g/mol. The number of nitrogens with zero attached hydrogens (tertiary/aromatic N) is 3. The molecular formula is C20H21N3O3. The number of hydrogen-bond acceptors (Lipinski definition) is 4. The molecule has 0 atom stereocenters. The summed E-state index contributed by atoms with van der Waals surface area (Å²) in [6.45, 7) is 2.60. The summed E-state index contributed by atoms with van der Waals surface area (Å²) < 4.78 is 0.